The molecule has 6 heterocycles. The Balaban J connectivity index is 1.04. The second kappa shape index (κ2) is 14.4. The van der Waals surface area contributed by atoms with Gasteiger partial charge in [0.1, 0.15) is 22.3 Å². The van der Waals surface area contributed by atoms with E-state index in [1.165, 1.54) is 10.8 Å². The fourth-order valence-corrected chi connectivity index (χ4v) is 11.6. The topological polar surface area (TPSA) is 79.7 Å². The average molecular weight is 909 g/mol. The van der Waals surface area contributed by atoms with E-state index in [1.54, 1.807) is 0 Å². The molecular formula is C63H36N6O2. The van der Waals surface area contributed by atoms with Crippen LogP contribution in [0.5, 0.6) is 0 Å². The van der Waals surface area contributed by atoms with E-state index in [4.69, 9.17) is 23.8 Å². The van der Waals surface area contributed by atoms with E-state index in [0.717, 1.165) is 121 Å². The lowest BCUT2D eigenvalue weighted by Gasteiger charge is -2.17. The second-order valence-corrected chi connectivity index (χ2v) is 18.3. The Labute approximate surface area is 403 Å². The van der Waals surface area contributed by atoms with Gasteiger partial charge in [-0.2, -0.15) is 9.97 Å². The molecule has 10 aromatic carbocycles. The molecule has 16 aromatic rings. The third kappa shape index (κ3) is 5.30. The highest BCUT2D eigenvalue weighted by Gasteiger charge is 2.26. The van der Waals surface area contributed by atoms with E-state index in [0.29, 0.717) is 17.6 Å². The van der Waals surface area contributed by atoms with Gasteiger partial charge in [-0.25, -0.2) is 4.98 Å². The summed E-state index contributed by atoms with van der Waals surface area (Å²) in [5.41, 5.74) is 13.2. The summed E-state index contributed by atoms with van der Waals surface area (Å²) in [6.45, 7) is 0. The average Bonchev–Trinajstić information content (AvgIpc) is 4.24. The lowest BCUT2D eigenvalue weighted by molar-refractivity contribution is 0.669. The Kier molecular flexibility index (Phi) is 7.73. The van der Waals surface area contributed by atoms with Crippen LogP contribution in [0.3, 0.4) is 0 Å². The van der Waals surface area contributed by atoms with Crippen LogP contribution in [0.15, 0.2) is 227 Å². The van der Waals surface area contributed by atoms with Gasteiger partial charge in [0, 0.05) is 54.2 Å². The van der Waals surface area contributed by atoms with Gasteiger partial charge >= 0.3 is 0 Å². The quantitative estimate of drug-likeness (QED) is 0.172. The standard InChI is InChI=1S/C63H36N6O2/c1-9-25-47-37(17-1)38-18-2-10-26-48(38)67(47)51-29-13-5-21-43(51)61-64-62(66-63(65-61)69-50-28-12-4-20-40(50)42-34-36-56-58(60(42)69)46-24-8-16-32-54(46)71-56)44-22-6-14-30-52(44)68-49-27-11-3-19-39(49)41-33-35-55-57(59(41)68)45-23-7-15-31-53(45)70-55/h1-36H. The molecule has 0 radical (unpaired) electrons. The van der Waals surface area contributed by atoms with Gasteiger partial charge in [-0.15, -0.1) is 0 Å². The summed E-state index contributed by atoms with van der Waals surface area (Å²) >= 11 is 0. The van der Waals surface area contributed by atoms with Gasteiger partial charge < -0.3 is 18.0 Å². The predicted octanol–water partition coefficient (Wildman–Crippen LogP) is 16.3. The minimum absolute atomic E-state index is 0.492. The molecule has 0 spiro atoms. The van der Waals surface area contributed by atoms with Crippen molar-refractivity contribution in [3.8, 4) is 40.1 Å². The fourth-order valence-electron chi connectivity index (χ4n) is 11.6. The van der Waals surface area contributed by atoms with Crippen LogP contribution >= 0.6 is 0 Å². The van der Waals surface area contributed by atoms with Crippen molar-refractivity contribution in [1.29, 1.82) is 0 Å². The van der Waals surface area contributed by atoms with Crippen molar-refractivity contribution in [2.75, 3.05) is 0 Å². The van der Waals surface area contributed by atoms with Gasteiger partial charge in [0.25, 0.3) is 0 Å². The molecule has 6 aromatic heterocycles. The Bertz CT molecular complexity index is 4860. The van der Waals surface area contributed by atoms with E-state index in [-0.39, 0.29) is 0 Å². The van der Waals surface area contributed by atoms with Crippen molar-refractivity contribution in [2.24, 2.45) is 0 Å². The number of nitrogens with zero attached hydrogens (tertiary/aromatic N) is 6. The maximum atomic E-state index is 6.56. The normalized spacial score (nSPS) is 12.2. The second-order valence-electron chi connectivity index (χ2n) is 18.3. The monoisotopic (exact) mass is 908 g/mol. The molecule has 8 nitrogen and oxygen atoms in total. The molecule has 0 unspecified atom stereocenters. The van der Waals surface area contributed by atoms with Gasteiger partial charge in [-0.3, -0.25) is 4.57 Å². The number of hydrogen-bond acceptors (Lipinski definition) is 5. The molecular weight excluding hydrogens is 873 g/mol. The summed E-state index contributed by atoms with van der Waals surface area (Å²) in [5.74, 6) is 1.56. The van der Waals surface area contributed by atoms with Crippen LogP contribution in [-0.2, 0) is 0 Å². The van der Waals surface area contributed by atoms with E-state index in [1.807, 2.05) is 24.3 Å². The minimum Gasteiger partial charge on any atom is -0.456 e. The van der Waals surface area contributed by atoms with Crippen LogP contribution in [0.25, 0.3) is 149 Å². The summed E-state index contributed by atoms with van der Waals surface area (Å²) in [6, 6.07) is 76.4. The largest absolute Gasteiger partial charge is 0.456 e. The summed E-state index contributed by atoms with van der Waals surface area (Å²) in [6.07, 6.45) is 0. The minimum atomic E-state index is 0.492. The Morgan fingerprint density at radius 1 is 0.268 bits per heavy atom. The Morgan fingerprint density at radius 3 is 1.14 bits per heavy atom. The van der Waals surface area contributed by atoms with Crippen LogP contribution in [0.4, 0.5) is 0 Å². The number of aromatic nitrogens is 6. The van der Waals surface area contributed by atoms with Gasteiger partial charge in [0.15, 0.2) is 11.6 Å². The first-order chi connectivity index (χ1) is 35.2. The fraction of sp³-hybridized carbons (Fsp3) is 0. The third-order valence-corrected chi connectivity index (χ3v) is 14.5. The zero-order chi connectivity index (χ0) is 46.3. The van der Waals surface area contributed by atoms with E-state index in [2.05, 4.69) is 208 Å². The first-order valence-corrected chi connectivity index (χ1v) is 23.9. The lowest BCUT2D eigenvalue weighted by atomic mass is 10.1. The summed E-state index contributed by atoms with van der Waals surface area (Å²) in [5, 5.41) is 10.9. The number of benzene rings is 10. The predicted molar refractivity (Wildman–Crippen MR) is 288 cm³/mol. The number of fused-ring (bicyclic) bond motifs is 17. The molecule has 0 N–H and O–H groups in total. The Morgan fingerprint density at radius 2 is 0.634 bits per heavy atom. The van der Waals surface area contributed by atoms with Gasteiger partial charge in [0.2, 0.25) is 5.95 Å². The van der Waals surface area contributed by atoms with Crippen LogP contribution < -0.4 is 0 Å². The lowest BCUT2D eigenvalue weighted by Crippen LogP contribution is -2.09. The van der Waals surface area contributed by atoms with Crippen molar-refractivity contribution >= 4 is 109 Å². The molecule has 0 aliphatic heterocycles. The maximum absolute atomic E-state index is 6.56. The highest BCUT2D eigenvalue weighted by atomic mass is 16.3. The zero-order valence-electron chi connectivity index (χ0n) is 37.8. The molecule has 0 amide bonds. The first-order valence-electron chi connectivity index (χ1n) is 23.9. The Hall–Kier alpha value is -9.79. The highest BCUT2D eigenvalue weighted by molar-refractivity contribution is 6.26. The van der Waals surface area contributed by atoms with Crippen LogP contribution in [0.2, 0.25) is 0 Å². The van der Waals surface area contributed by atoms with Crippen molar-refractivity contribution in [3.63, 3.8) is 0 Å². The van der Waals surface area contributed by atoms with Gasteiger partial charge in [-0.1, -0.05) is 133 Å². The molecule has 0 aliphatic rings. The molecule has 8 heteroatoms. The molecule has 0 aliphatic carbocycles. The van der Waals surface area contributed by atoms with Gasteiger partial charge in [-0.05, 0) is 84.9 Å². The molecule has 0 bridgehead atoms. The molecule has 0 saturated carbocycles. The van der Waals surface area contributed by atoms with Crippen molar-refractivity contribution in [2.45, 2.75) is 0 Å². The van der Waals surface area contributed by atoms with Gasteiger partial charge in [0.05, 0.1) is 55.2 Å². The summed E-state index contributed by atoms with van der Waals surface area (Å²) in [4.78, 5) is 16.9. The smallest absolute Gasteiger partial charge is 0.238 e. The molecule has 0 atom stereocenters. The summed E-state index contributed by atoms with van der Waals surface area (Å²) < 4.78 is 20.0. The number of furan rings is 2. The molecule has 16 rings (SSSR count). The van der Waals surface area contributed by atoms with Crippen LogP contribution in [0, 0.1) is 0 Å². The zero-order valence-corrected chi connectivity index (χ0v) is 37.8. The number of rotatable bonds is 5. The van der Waals surface area contributed by atoms with Crippen molar-refractivity contribution in [3.05, 3.63) is 218 Å². The first kappa shape index (κ1) is 38.2. The highest BCUT2D eigenvalue weighted by Crippen LogP contribution is 2.45. The van der Waals surface area contributed by atoms with Crippen LogP contribution in [0.1, 0.15) is 0 Å². The molecule has 0 saturated heterocycles. The summed E-state index contributed by atoms with van der Waals surface area (Å²) in [7, 11) is 0. The van der Waals surface area contributed by atoms with Crippen molar-refractivity contribution < 1.29 is 8.83 Å². The van der Waals surface area contributed by atoms with E-state index < -0.39 is 0 Å². The number of hydrogen-bond donors (Lipinski definition) is 0. The molecule has 71 heavy (non-hydrogen) atoms. The molecule has 330 valence electrons. The molecule has 0 fully saturated rings. The third-order valence-electron chi connectivity index (χ3n) is 14.5. The van der Waals surface area contributed by atoms with E-state index in [9.17, 15) is 0 Å². The number of para-hydroxylation sites is 8. The maximum Gasteiger partial charge on any atom is 0.238 e. The van der Waals surface area contributed by atoms with Crippen molar-refractivity contribution in [1.82, 2.24) is 28.7 Å². The van der Waals surface area contributed by atoms with E-state index >= 15 is 0 Å². The SMILES string of the molecule is c1ccc(-n2c3ccccc3c3ccccc32)c(-c2nc(-c3ccccc3-n3c4ccccc4c4ccc5oc6ccccc6c5c43)nc(-n3c4ccccc4c4ccc5oc6ccccc6c5c43)n2)c1. The van der Waals surface area contributed by atoms with Crippen LogP contribution in [-0.4, -0.2) is 28.7 Å².